The number of rotatable bonds is 7. The highest BCUT2D eigenvalue weighted by Crippen LogP contribution is 2.19. The number of carbonyl (C=O) groups is 1. The van der Waals surface area contributed by atoms with Gasteiger partial charge in [0, 0.05) is 0 Å². The lowest BCUT2D eigenvalue weighted by Gasteiger charge is -2.07. The standard InChI is InChI=1S/C15H16O5/c1-2-9-18-11-3-5-12(6-4-11)19-10-13-7-8-14(20-13)15(16)17/h3-8H,2,9-10H2,1H3,(H,16,17). The Hall–Kier alpha value is -2.43. The van der Waals surface area contributed by atoms with Crippen molar-refractivity contribution in [2.45, 2.75) is 20.0 Å². The second-order valence-corrected chi connectivity index (χ2v) is 4.18. The molecular formula is C15H16O5. The molecule has 5 heteroatoms. The van der Waals surface area contributed by atoms with Crippen LogP contribution in [0.2, 0.25) is 0 Å². The van der Waals surface area contributed by atoms with E-state index in [1.807, 2.05) is 19.1 Å². The maximum Gasteiger partial charge on any atom is 0.371 e. The number of ether oxygens (including phenoxy) is 2. The molecule has 0 amide bonds. The highest BCUT2D eigenvalue weighted by Gasteiger charge is 2.09. The van der Waals surface area contributed by atoms with Crippen LogP contribution in [0.4, 0.5) is 0 Å². The zero-order valence-electron chi connectivity index (χ0n) is 11.2. The van der Waals surface area contributed by atoms with Crippen molar-refractivity contribution < 1.29 is 23.8 Å². The largest absolute Gasteiger partial charge is 0.494 e. The van der Waals surface area contributed by atoms with Gasteiger partial charge in [0.1, 0.15) is 23.9 Å². The van der Waals surface area contributed by atoms with Gasteiger partial charge in [-0.1, -0.05) is 6.92 Å². The zero-order chi connectivity index (χ0) is 14.4. The van der Waals surface area contributed by atoms with E-state index in [2.05, 4.69) is 0 Å². The summed E-state index contributed by atoms with van der Waals surface area (Å²) in [6.07, 6.45) is 0.961. The van der Waals surface area contributed by atoms with E-state index in [9.17, 15) is 4.79 Å². The van der Waals surface area contributed by atoms with Crippen molar-refractivity contribution in [2.24, 2.45) is 0 Å². The molecule has 106 valence electrons. The predicted octanol–water partition coefficient (Wildman–Crippen LogP) is 3.35. The molecule has 1 heterocycles. The van der Waals surface area contributed by atoms with E-state index in [4.69, 9.17) is 19.0 Å². The fourth-order valence-corrected chi connectivity index (χ4v) is 1.58. The van der Waals surface area contributed by atoms with Gasteiger partial charge in [0.05, 0.1) is 6.61 Å². The van der Waals surface area contributed by atoms with Crippen LogP contribution in [0.1, 0.15) is 29.7 Å². The van der Waals surface area contributed by atoms with Gasteiger partial charge in [-0.15, -0.1) is 0 Å². The molecule has 0 unspecified atom stereocenters. The minimum Gasteiger partial charge on any atom is -0.494 e. The van der Waals surface area contributed by atoms with Crippen LogP contribution in [0.3, 0.4) is 0 Å². The van der Waals surface area contributed by atoms with Crippen molar-refractivity contribution in [1.82, 2.24) is 0 Å². The number of hydrogen-bond donors (Lipinski definition) is 1. The molecule has 2 rings (SSSR count). The molecular weight excluding hydrogens is 260 g/mol. The average Bonchev–Trinajstić information content (AvgIpc) is 2.93. The lowest BCUT2D eigenvalue weighted by atomic mass is 10.3. The van der Waals surface area contributed by atoms with E-state index in [1.54, 1.807) is 18.2 Å². The van der Waals surface area contributed by atoms with Gasteiger partial charge in [0.25, 0.3) is 0 Å². The molecule has 1 N–H and O–H groups in total. The second-order valence-electron chi connectivity index (χ2n) is 4.18. The monoisotopic (exact) mass is 276 g/mol. The lowest BCUT2D eigenvalue weighted by molar-refractivity contribution is 0.0658. The third-order valence-corrected chi connectivity index (χ3v) is 2.55. The third-order valence-electron chi connectivity index (χ3n) is 2.55. The smallest absolute Gasteiger partial charge is 0.371 e. The van der Waals surface area contributed by atoms with E-state index >= 15 is 0 Å². The van der Waals surface area contributed by atoms with Crippen molar-refractivity contribution >= 4 is 5.97 Å². The summed E-state index contributed by atoms with van der Waals surface area (Å²) >= 11 is 0. The highest BCUT2D eigenvalue weighted by molar-refractivity contribution is 5.84. The Morgan fingerprint density at radius 2 is 1.75 bits per heavy atom. The van der Waals surface area contributed by atoms with Crippen LogP contribution in [0, 0.1) is 0 Å². The van der Waals surface area contributed by atoms with Crippen molar-refractivity contribution in [3.8, 4) is 11.5 Å². The number of furan rings is 1. The molecule has 0 aliphatic carbocycles. The fraction of sp³-hybridized carbons (Fsp3) is 0.267. The molecule has 2 aromatic rings. The number of hydrogen-bond acceptors (Lipinski definition) is 4. The third kappa shape index (κ3) is 3.78. The minimum absolute atomic E-state index is 0.0908. The Morgan fingerprint density at radius 1 is 1.10 bits per heavy atom. The Labute approximate surface area is 116 Å². The molecule has 1 aromatic heterocycles. The fourth-order valence-electron chi connectivity index (χ4n) is 1.58. The predicted molar refractivity (Wildman–Crippen MR) is 72.2 cm³/mol. The van der Waals surface area contributed by atoms with Crippen LogP contribution >= 0.6 is 0 Å². The van der Waals surface area contributed by atoms with Crippen LogP contribution < -0.4 is 9.47 Å². The molecule has 0 saturated heterocycles. The first-order chi connectivity index (χ1) is 9.69. The lowest BCUT2D eigenvalue weighted by Crippen LogP contribution is -1.96. The summed E-state index contributed by atoms with van der Waals surface area (Å²) in [6, 6.07) is 10.2. The van der Waals surface area contributed by atoms with Gasteiger partial charge in [0.2, 0.25) is 5.76 Å². The van der Waals surface area contributed by atoms with Gasteiger partial charge >= 0.3 is 5.97 Å². The van der Waals surface area contributed by atoms with Gasteiger partial charge in [-0.25, -0.2) is 4.79 Å². The molecule has 1 aromatic carbocycles. The van der Waals surface area contributed by atoms with Gasteiger partial charge in [-0.2, -0.15) is 0 Å². The SMILES string of the molecule is CCCOc1ccc(OCc2ccc(C(=O)O)o2)cc1. The van der Waals surface area contributed by atoms with Gasteiger partial charge in [0.15, 0.2) is 0 Å². The molecule has 0 fully saturated rings. The molecule has 20 heavy (non-hydrogen) atoms. The Morgan fingerprint density at radius 3 is 2.30 bits per heavy atom. The maximum absolute atomic E-state index is 10.7. The quantitative estimate of drug-likeness (QED) is 0.839. The summed E-state index contributed by atoms with van der Waals surface area (Å²) < 4.78 is 16.1. The molecule has 0 atom stereocenters. The minimum atomic E-state index is -1.09. The first-order valence-electron chi connectivity index (χ1n) is 6.36. The first kappa shape index (κ1) is 14.0. The van der Waals surface area contributed by atoms with Crippen LogP contribution in [-0.2, 0) is 6.61 Å². The molecule has 0 spiro atoms. The summed E-state index contributed by atoms with van der Waals surface area (Å²) in [4.78, 5) is 10.7. The summed E-state index contributed by atoms with van der Waals surface area (Å²) in [5.41, 5.74) is 0. The van der Waals surface area contributed by atoms with Gasteiger partial charge < -0.3 is 19.0 Å². The van der Waals surface area contributed by atoms with Crippen LogP contribution in [0.25, 0.3) is 0 Å². The summed E-state index contributed by atoms with van der Waals surface area (Å²) in [5.74, 6) is 0.752. The second kappa shape index (κ2) is 6.65. The molecule has 0 aliphatic rings. The summed E-state index contributed by atoms with van der Waals surface area (Å²) in [5, 5.41) is 8.74. The van der Waals surface area contributed by atoms with Crippen molar-refractivity contribution in [1.29, 1.82) is 0 Å². The Kier molecular flexibility index (Phi) is 4.65. The van der Waals surface area contributed by atoms with E-state index in [0.29, 0.717) is 18.1 Å². The van der Waals surface area contributed by atoms with Crippen molar-refractivity contribution in [2.75, 3.05) is 6.61 Å². The number of carboxylic acid groups (broad SMARTS) is 1. The highest BCUT2D eigenvalue weighted by atomic mass is 16.5. The van der Waals surface area contributed by atoms with Crippen molar-refractivity contribution in [3.63, 3.8) is 0 Å². The number of benzene rings is 1. The summed E-state index contributed by atoms with van der Waals surface area (Å²) in [7, 11) is 0. The molecule has 0 bridgehead atoms. The van der Waals surface area contributed by atoms with Crippen LogP contribution in [0.5, 0.6) is 11.5 Å². The van der Waals surface area contributed by atoms with Crippen molar-refractivity contribution in [3.05, 3.63) is 47.9 Å². The molecule has 5 nitrogen and oxygen atoms in total. The van der Waals surface area contributed by atoms with E-state index in [1.165, 1.54) is 6.07 Å². The normalized spacial score (nSPS) is 10.2. The average molecular weight is 276 g/mol. The Balaban J connectivity index is 1.88. The molecule has 0 aliphatic heterocycles. The maximum atomic E-state index is 10.7. The van der Waals surface area contributed by atoms with Gasteiger partial charge in [-0.3, -0.25) is 0 Å². The van der Waals surface area contributed by atoms with Crippen LogP contribution in [0.15, 0.2) is 40.8 Å². The topological polar surface area (TPSA) is 68.9 Å². The Bertz CT molecular complexity index is 556. The number of aromatic carboxylic acids is 1. The van der Waals surface area contributed by atoms with Crippen LogP contribution in [-0.4, -0.2) is 17.7 Å². The first-order valence-corrected chi connectivity index (χ1v) is 6.36. The summed E-state index contributed by atoms with van der Waals surface area (Å²) in [6.45, 7) is 2.92. The van der Waals surface area contributed by atoms with E-state index in [0.717, 1.165) is 12.2 Å². The molecule has 0 radical (unpaired) electrons. The van der Waals surface area contributed by atoms with E-state index in [-0.39, 0.29) is 12.4 Å². The zero-order valence-corrected chi connectivity index (χ0v) is 11.2. The number of carboxylic acids is 1. The van der Waals surface area contributed by atoms with Gasteiger partial charge in [-0.05, 0) is 42.8 Å². The van der Waals surface area contributed by atoms with E-state index < -0.39 is 5.97 Å². The molecule has 0 saturated carbocycles.